The highest BCUT2D eigenvalue weighted by Gasteiger charge is 1.96. The van der Waals surface area contributed by atoms with Crippen LogP contribution in [0.2, 0.25) is 0 Å². The zero-order chi connectivity index (χ0) is 8.81. The van der Waals surface area contributed by atoms with Crippen LogP contribution in [0.25, 0.3) is 0 Å². The van der Waals surface area contributed by atoms with Crippen molar-refractivity contribution in [3.05, 3.63) is 35.9 Å². The van der Waals surface area contributed by atoms with Crippen LogP contribution in [0.1, 0.15) is 5.56 Å². The Morgan fingerprint density at radius 2 is 2.00 bits per heavy atom. The number of halogens is 1. The van der Waals surface area contributed by atoms with Crippen molar-refractivity contribution in [2.45, 2.75) is 0 Å². The minimum atomic E-state index is 0.576. The van der Waals surface area contributed by atoms with Gasteiger partial charge in [-0.2, -0.15) is 0 Å². The van der Waals surface area contributed by atoms with Gasteiger partial charge in [0.25, 0.3) is 0 Å². The maximum Gasteiger partial charge on any atom is 0.106 e. The van der Waals surface area contributed by atoms with Crippen LogP contribution in [-0.2, 0) is 0 Å². The molecule has 1 aromatic rings. The molecule has 3 heteroatoms. The Bertz CT molecular complexity index is 248. The molecule has 0 bridgehead atoms. The molecule has 0 spiro atoms. The summed E-state index contributed by atoms with van der Waals surface area (Å²) in [6.45, 7) is 0.718. The number of hydrogen-bond donors (Lipinski definition) is 1. The van der Waals surface area contributed by atoms with Crippen LogP contribution in [0.3, 0.4) is 0 Å². The van der Waals surface area contributed by atoms with Crippen LogP contribution in [0.4, 0.5) is 0 Å². The van der Waals surface area contributed by atoms with Crippen LogP contribution >= 0.6 is 23.8 Å². The quantitative estimate of drug-likeness (QED) is 0.592. The molecule has 1 nitrogen and oxygen atoms in total. The molecular formula is C9H10ClNS. The fourth-order valence-electron chi connectivity index (χ4n) is 0.852. The maximum absolute atomic E-state index is 5.51. The molecule has 64 valence electrons. The second kappa shape index (κ2) is 5.12. The second-order valence-corrected chi connectivity index (χ2v) is 3.10. The molecule has 0 aliphatic carbocycles. The number of nitrogens with one attached hydrogen (secondary N) is 1. The summed E-state index contributed by atoms with van der Waals surface area (Å²) in [4.78, 5) is 0.760. The molecule has 0 amide bonds. The van der Waals surface area contributed by atoms with Crippen LogP contribution < -0.4 is 5.32 Å². The number of rotatable bonds is 3. The summed E-state index contributed by atoms with van der Waals surface area (Å²) < 4.78 is 0. The van der Waals surface area contributed by atoms with Crippen molar-refractivity contribution in [1.29, 1.82) is 0 Å². The molecule has 0 saturated heterocycles. The Labute approximate surface area is 82.7 Å². The van der Waals surface area contributed by atoms with Crippen LogP contribution in [0.15, 0.2) is 30.3 Å². The molecule has 0 aromatic heterocycles. The first-order valence-corrected chi connectivity index (χ1v) is 4.68. The standard InChI is InChI=1S/C9H10ClNS/c10-6-7-11-9(12)8-4-2-1-3-5-8/h1-5H,6-7H2,(H,11,12). The largest absolute Gasteiger partial charge is 0.375 e. The Morgan fingerprint density at radius 1 is 1.33 bits per heavy atom. The van der Waals surface area contributed by atoms with E-state index in [9.17, 15) is 0 Å². The minimum absolute atomic E-state index is 0.576. The van der Waals surface area contributed by atoms with Crippen molar-refractivity contribution in [3.8, 4) is 0 Å². The number of thiocarbonyl (C=S) groups is 1. The van der Waals surface area contributed by atoms with E-state index in [-0.39, 0.29) is 0 Å². The first-order valence-electron chi connectivity index (χ1n) is 3.74. The normalized spacial score (nSPS) is 9.42. The van der Waals surface area contributed by atoms with Crippen molar-refractivity contribution < 1.29 is 0 Å². The van der Waals surface area contributed by atoms with E-state index in [4.69, 9.17) is 23.8 Å². The van der Waals surface area contributed by atoms with E-state index in [1.54, 1.807) is 0 Å². The molecule has 0 heterocycles. The second-order valence-electron chi connectivity index (χ2n) is 2.31. The fourth-order valence-corrected chi connectivity index (χ4v) is 1.19. The number of alkyl halides is 1. The first-order chi connectivity index (χ1) is 5.84. The van der Waals surface area contributed by atoms with Gasteiger partial charge >= 0.3 is 0 Å². The van der Waals surface area contributed by atoms with Gasteiger partial charge in [0.15, 0.2) is 0 Å². The molecule has 0 radical (unpaired) electrons. The van der Waals surface area contributed by atoms with Gasteiger partial charge in [-0.05, 0) is 0 Å². The molecule has 12 heavy (non-hydrogen) atoms. The third-order valence-corrected chi connectivity index (χ3v) is 1.99. The van der Waals surface area contributed by atoms with Gasteiger partial charge in [-0.3, -0.25) is 0 Å². The SMILES string of the molecule is S=C(NCCCl)c1ccccc1. The number of hydrogen-bond acceptors (Lipinski definition) is 1. The van der Waals surface area contributed by atoms with Gasteiger partial charge in [0, 0.05) is 18.0 Å². The van der Waals surface area contributed by atoms with Crippen molar-refractivity contribution in [3.63, 3.8) is 0 Å². The molecule has 1 aromatic carbocycles. The van der Waals surface area contributed by atoms with Crippen molar-refractivity contribution in [2.24, 2.45) is 0 Å². The molecule has 0 unspecified atom stereocenters. The molecule has 0 fully saturated rings. The Hall–Kier alpha value is -0.600. The summed E-state index contributed by atoms with van der Waals surface area (Å²) in [5.41, 5.74) is 1.04. The summed E-state index contributed by atoms with van der Waals surface area (Å²) in [7, 11) is 0. The average Bonchev–Trinajstić information content (AvgIpc) is 2.15. The highest BCUT2D eigenvalue weighted by molar-refractivity contribution is 7.80. The van der Waals surface area contributed by atoms with Gasteiger partial charge in [0.2, 0.25) is 0 Å². The van der Waals surface area contributed by atoms with E-state index in [0.717, 1.165) is 17.1 Å². The van der Waals surface area contributed by atoms with Gasteiger partial charge in [0.1, 0.15) is 4.99 Å². The molecular weight excluding hydrogens is 190 g/mol. The van der Waals surface area contributed by atoms with Gasteiger partial charge in [-0.25, -0.2) is 0 Å². The zero-order valence-corrected chi connectivity index (χ0v) is 8.16. The van der Waals surface area contributed by atoms with E-state index in [0.29, 0.717) is 5.88 Å². The lowest BCUT2D eigenvalue weighted by atomic mass is 10.2. The van der Waals surface area contributed by atoms with Crippen molar-refractivity contribution >= 4 is 28.8 Å². The van der Waals surface area contributed by atoms with Crippen LogP contribution in [0.5, 0.6) is 0 Å². The van der Waals surface area contributed by atoms with E-state index < -0.39 is 0 Å². The molecule has 1 rings (SSSR count). The van der Waals surface area contributed by atoms with Crippen LogP contribution in [0, 0.1) is 0 Å². The van der Waals surface area contributed by atoms with Gasteiger partial charge < -0.3 is 5.32 Å². The van der Waals surface area contributed by atoms with Gasteiger partial charge in [-0.1, -0.05) is 42.5 Å². The molecule has 1 N–H and O–H groups in total. The molecule has 0 atom stereocenters. The summed E-state index contributed by atoms with van der Waals surface area (Å²) in [5, 5.41) is 3.05. The minimum Gasteiger partial charge on any atom is -0.375 e. The smallest absolute Gasteiger partial charge is 0.106 e. The Kier molecular flexibility index (Phi) is 4.05. The lowest BCUT2D eigenvalue weighted by molar-refractivity contribution is 0.989. The Balaban J connectivity index is 2.54. The maximum atomic E-state index is 5.51. The average molecular weight is 200 g/mol. The van der Waals surface area contributed by atoms with Gasteiger partial charge in [-0.15, -0.1) is 11.6 Å². The third-order valence-electron chi connectivity index (χ3n) is 1.42. The summed E-state index contributed by atoms with van der Waals surface area (Å²) in [6, 6.07) is 9.84. The lowest BCUT2D eigenvalue weighted by Crippen LogP contribution is -2.23. The summed E-state index contributed by atoms with van der Waals surface area (Å²) in [5.74, 6) is 0.576. The van der Waals surface area contributed by atoms with Crippen molar-refractivity contribution in [1.82, 2.24) is 5.32 Å². The lowest BCUT2D eigenvalue weighted by Gasteiger charge is -2.04. The monoisotopic (exact) mass is 199 g/mol. The van der Waals surface area contributed by atoms with E-state index in [1.807, 2.05) is 30.3 Å². The topological polar surface area (TPSA) is 12.0 Å². The summed E-state index contributed by atoms with van der Waals surface area (Å²) >= 11 is 10.6. The molecule has 0 aliphatic heterocycles. The highest BCUT2D eigenvalue weighted by atomic mass is 35.5. The van der Waals surface area contributed by atoms with E-state index in [1.165, 1.54) is 0 Å². The first kappa shape index (κ1) is 9.49. The summed E-state index contributed by atoms with van der Waals surface area (Å²) in [6.07, 6.45) is 0. The number of benzene rings is 1. The predicted molar refractivity (Wildman–Crippen MR) is 56.9 cm³/mol. The van der Waals surface area contributed by atoms with E-state index in [2.05, 4.69) is 5.32 Å². The fraction of sp³-hybridized carbons (Fsp3) is 0.222. The Morgan fingerprint density at radius 3 is 2.58 bits per heavy atom. The highest BCUT2D eigenvalue weighted by Crippen LogP contribution is 1.98. The predicted octanol–water partition coefficient (Wildman–Crippen LogP) is 2.19. The van der Waals surface area contributed by atoms with Crippen molar-refractivity contribution in [2.75, 3.05) is 12.4 Å². The molecule has 0 saturated carbocycles. The molecule has 0 aliphatic rings. The van der Waals surface area contributed by atoms with Crippen LogP contribution in [-0.4, -0.2) is 17.4 Å². The zero-order valence-electron chi connectivity index (χ0n) is 6.59. The third kappa shape index (κ3) is 2.80. The van der Waals surface area contributed by atoms with Gasteiger partial charge in [0.05, 0.1) is 0 Å². The van der Waals surface area contributed by atoms with E-state index >= 15 is 0 Å².